The molecular weight excluding hydrogens is 144 g/mol. The van der Waals surface area contributed by atoms with E-state index >= 15 is 0 Å². The first-order chi connectivity index (χ1) is 4.70. The number of nitrogens with two attached hydrogens (primary N) is 1. The van der Waals surface area contributed by atoms with E-state index in [1.54, 1.807) is 6.08 Å². The molecule has 0 amide bonds. The molecule has 0 aliphatic carbocycles. The van der Waals surface area contributed by atoms with Gasteiger partial charge in [0.15, 0.2) is 0 Å². The molecule has 0 heterocycles. The standard InChI is InChI=1S/C7H14N2S/c1-3-9(10)6-7(2)4-5-8/h4-5,10H,2-3,6,8H2,1H3/b5-4-. The number of rotatable bonds is 4. The van der Waals surface area contributed by atoms with Gasteiger partial charge in [-0.3, -0.25) is 0 Å². The smallest absolute Gasteiger partial charge is 0.0332 e. The predicted octanol–water partition coefficient (Wildman–Crippen LogP) is 1.18. The van der Waals surface area contributed by atoms with Crippen LogP contribution in [0.5, 0.6) is 0 Å². The molecule has 0 fully saturated rings. The van der Waals surface area contributed by atoms with Gasteiger partial charge >= 0.3 is 0 Å². The second-order valence-electron chi connectivity index (χ2n) is 2.00. The summed E-state index contributed by atoms with van der Waals surface area (Å²) in [4.78, 5) is 0. The molecule has 0 radical (unpaired) electrons. The molecule has 0 aromatic rings. The monoisotopic (exact) mass is 158 g/mol. The van der Waals surface area contributed by atoms with Gasteiger partial charge in [-0.1, -0.05) is 26.3 Å². The van der Waals surface area contributed by atoms with Crippen molar-refractivity contribution in [2.45, 2.75) is 6.92 Å². The Labute approximate surface area is 67.9 Å². The zero-order chi connectivity index (χ0) is 7.98. The number of hydrogen-bond acceptors (Lipinski definition) is 3. The van der Waals surface area contributed by atoms with Crippen LogP contribution in [0, 0.1) is 0 Å². The Morgan fingerprint density at radius 3 is 2.80 bits per heavy atom. The van der Waals surface area contributed by atoms with E-state index in [2.05, 4.69) is 19.4 Å². The van der Waals surface area contributed by atoms with Crippen LogP contribution in [-0.4, -0.2) is 17.4 Å². The lowest BCUT2D eigenvalue weighted by Crippen LogP contribution is -2.13. The lowest BCUT2D eigenvalue weighted by atomic mass is 10.3. The highest BCUT2D eigenvalue weighted by atomic mass is 32.1. The molecule has 0 saturated heterocycles. The summed E-state index contributed by atoms with van der Waals surface area (Å²) in [6.07, 6.45) is 3.26. The predicted molar refractivity (Wildman–Crippen MR) is 48.7 cm³/mol. The highest BCUT2D eigenvalue weighted by Crippen LogP contribution is 1.99. The number of likely N-dealkylation sites (N-methyl/N-ethyl adjacent to an activating group) is 1. The van der Waals surface area contributed by atoms with Gasteiger partial charge in [-0.15, -0.1) is 0 Å². The molecule has 0 bridgehead atoms. The van der Waals surface area contributed by atoms with Crippen molar-refractivity contribution in [1.29, 1.82) is 0 Å². The zero-order valence-corrected chi connectivity index (χ0v) is 7.14. The van der Waals surface area contributed by atoms with E-state index in [0.29, 0.717) is 0 Å². The van der Waals surface area contributed by atoms with Crippen molar-refractivity contribution in [3.8, 4) is 0 Å². The van der Waals surface area contributed by atoms with Gasteiger partial charge in [0.25, 0.3) is 0 Å². The number of nitrogens with zero attached hydrogens (tertiary/aromatic N) is 1. The van der Waals surface area contributed by atoms with Crippen LogP contribution < -0.4 is 5.73 Å². The van der Waals surface area contributed by atoms with E-state index in [0.717, 1.165) is 18.7 Å². The summed E-state index contributed by atoms with van der Waals surface area (Å²) in [5.41, 5.74) is 6.13. The minimum Gasteiger partial charge on any atom is -0.405 e. The normalized spacial score (nSPS) is 11.1. The lowest BCUT2D eigenvalue weighted by Gasteiger charge is -2.11. The van der Waals surface area contributed by atoms with E-state index in [-0.39, 0.29) is 0 Å². The van der Waals surface area contributed by atoms with E-state index in [9.17, 15) is 0 Å². The second kappa shape index (κ2) is 5.38. The largest absolute Gasteiger partial charge is 0.405 e. The van der Waals surface area contributed by atoms with Crippen LogP contribution in [0.25, 0.3) is 0 Å². The molecule has 0 aliphatic heterocycles. The van der Waals surface area contributed by atoms with Gasteiger partial charge in [-0.2, -0.15) is 0 Å². The first kappa shape index (κ1) is 9.59. The maximum absolute atomic E-state index is 5.16. The van der Waals surface area contributed by atoms with E-state index in [4.69, 9.17) is 5.73 Å². The summed E-state index contributed by atoms with van der Waals surface area (Å²) in [6, 6.07) is 0. The third-order valence-electron chi connectivity index (χ3n) is 1.08. The van der Waals surface area contributed by atoms with Crippen LogP contribution in [0.15, 0.2) is 24.4 Å². The molecule has 58 valence electrons. The topological polar surface area (TPSA) is 29.3 Å². The van der Waals surface area contributed by atoms with Gasteiger partial charge in [0, 0.05) is 13.1 Å². The summed E-state index contributed by atoms with van der Waals surface area (Å²) in [5.74, 6) is 0. The molecule has 0 unspecified atom stereocenters. The third-order valence-corrected chi connectivity index (χ3v) is 1.51. The maximum atomic E-state index is 5.16. The third kappa shape index (κ3) is 4.47. The summed E-state index contributed by atoms with van der Waals surface area (Å²) in [6.45, 7) is 7.47. The summed E-state index contributed by atoms with van der Waals surface area (Å²) >= 11 is 4.16. The number of thiol groups is 1. The molecule has 0 spiro atoms. The maximum Gasteiger partial charge on any atom is 0.0332 e. The van der Waals surface area contributed by atoms with Crippen molar-refractivity contribution in [3.05, 3.63) is 24.4 Å². The molecule has 2 nitrogen and oxygen atoms in total. The molecule has 0 aliphatic rings. The van der Waals surface area contributed by atoms with Gasteiger partial charge in [0.05, 0.1) is 0 Å². The Kier molecular flexibility index (Phi) is 5.16. The first-order valence-corrected chi connectivity index (χ1v) is 3.60. The molecule has 2 N–H and O–H groups in total. The van der Waals surface area contributed by atoms with E-state index in [1.165, 1.54) is 6.20 Å². The van der Waals surface area contributed by atoms with Crippen LogP contribution >= 0.6 is 12.8 Å². The van der Waals surface area contributed by atoms with Crippen LogP contribution in [0.3, 0.4) is 0 Å². The van der Waals surface area contributed by atoms with Gasteiger partial charge in [-0.05, 0) is 17.8 Å². The van der Waals surface area contributed by atoms with Crippen LogP contribution in [0.2, 0.25) is 0 Å². The van der Waals surface area contributed by atoms with E-state index in [1.807, 2.05) is 11.2 Å². The Morgan fingerprint density at radius 1 is 1.80 bits per heavy atom. The zero-order valence-electron chi connectivity index (χ0n) is 6.25. The van der Waals surface area contributed by atoms with E-state index < -0.39 is 0 Å². The minimum absolute atomic E-state index is 0.757. The average Bonchev–Trinajstić information content (AvgIpc) is 1.88. The van der Waals surface area contributed by atoms with Crippen molar-refractivity contribution >= 4 is 12.8 Å². The van der Waals surface area contributed by atoms with Gasteiger partial charge in [0.1, 0.15) is 0 Å². The Bertz CT molecular complexity index is 132. The molecular formula is C7H14N2S. The van der Waals surface area contributed by atoms with Crippen molar-refractivity contribution in [1.82, 2.24) is 4.31 Å². The molecule has 3 heteroatoms. The highest BCUT2D eigenvalue weighted by molar-refractivity contribution is 7.77. The quantitative estimate of drug-likeness (QED) is 0.475. The van der Waals surface area contributed by atoms with Gasteiger partial charge in [-0.25, -0.2) is 4.31 Å². The minimum atomic E-state index is 0.757. The fourth-order valence-corrected chi connectivity index (χ4v) is 0.717. The second-order valence-corrected chi connectivity index (χ2v) is 2.56. The first-order valence-electron chi connectivity index (χ1n) is 3.20. The summed E-state index contributed by atoms with van der Waals surface area (Å²) in [7, 11) is 0. The van der Waals surface area contributed by atoms with Crippen molar-refractivity contribution in [2.24, 2.45) is 5.73 Å². The van der Waals surface area contributed by atoms with Gasteiger partial charge < -0.3 is 5.73 Å². The summed E-state index contributed by atoms with van der Waals surface area (Å²) in [5, 5.41) is 0. The lowest BCUT2D eigenvalue weighted by molar-refractivity contribution is 0.549. The van der Waals surface area contributed by atoms with Crippen LogP contribution in [0.4, 0.5) is 0 Å². The van der Waals surface area contributed by atoms with Crippen LogP contribution in [-0.2, 0) is 0 Å². The fraction of sp³-hybridized carbons (Fsp3) is 0.429. The molecule has 0 aromatic heterocycles. The molecule has 0 aromatic carbocycles. The molecule has 0 rings (SSSR count). The molecule has 10 heavy (non-hydrogen) atoms. The van der Waals surface area contributed by atoms with Crippen molar-refractivity contribution < 1.29 is 0 Å². The Morgan fingerprint density at radius 2 is 2.40 bits per heavy atom. The van der Waals surface area contributed by atoms with Crippen molar-refractivity contribution in [3.63, 3.8) is 0 Å². The Balaban J connectivity index is 3.57. The number of hydrogen-bond donors (Lipinski definition) is 2. The fourth-order valence-electron chi connectivity index (χ4n) is 0.535. The van der Waals surface area contributed by atoms with Crippen molar-refractivity contribution in [2.75, 3.05) is 13.1 Å². The average molecular weight is 158 g/mol. The van der Waals surface area contributed by atoms with Crippen LogP contribution in [0.1, 0.15) is 6.92 Å². The van der Waals surface area contributed by atoms with Gasteiger partial charge in [0.2, 0.25) is 0 Å². The highest BCUT2D eigenvalue weighted by Gasteiger charge is 1.94. The Hall–Kier alpha value is -0.410. The molecule has 0 saturated carbocycles. The SMILES string of the molecule is C=C(/C=C\N)CN(S)CC. The summed E-state index contributed by atoms with van der Waals surface area (Å²) < 4.78 is 1.86. The molecule has 0 atom stereocenters.